The Morgan fingerprint density at radius 3 is 2.31 bits per heavy atom. The Balaban J connectivity index is 2.03. The molecule has 0 spiro atoms. The second kappa shape index (κ2) is 7.32. The molecule has 8 nitrogen and oxygen atoms in total. The summed E-state index contributed by atoms with van der Waals surface area (Å²) in [7, 11) is 0. The van der Waals surface area contributed by atoms with Crippen LogP contribution in [0, 0.1) is 24.0 Å². The van der Waals surface area contributed by atoms with Crippen LogP contribution in [0.2, 0.25) is 5.15 Å². The molecule has 26 heavy (non-hydrogen) atoms. The molecule has 132 valence electrons. The van der Waals surface area contributed by atoms with E-state index in [1.807, 2.05) is 32.0 Å². The highest BCUT2D eigenvalue weighted by Crippen LogP contribution is 2.34. The molecule has 0 aliphatic heterocycles. The first-order valence-corrected chi connectivity index (χ1v) is 8.05. The van der Waals surface area contributed by atoms with Gasteiger partial charge >= 0.3 is 5.69 Å². The van der Waals surface area contributed by atoms with E-state index in [9.17, 15) is 10.1 Å². The van der Waals surface area contributed by atoms with Crippen molar-refractivity contribution in [3.05, 3.63) is 69.3 Å². The highest BCUT2D eigenvalue weighted by Gasteiger charge is 2.24. The van der Waals surface area contributed by atoms with Gasteiger partial charge in [0.05, 0.1) is 10.6 Å². The SMILES string of the molecule is Cc1cccc(Nc2ncnc(Nc3cccnc3Cl)c2[N+](=O)[O-])c1C. The third-order valence-electron chi connectivity index (χ3n) is 3.87. The fraction of sp³-hybridized carbons (Fsp3) is 0.118. The summed E-state index contributed by atoms with van der Waals surface area (Å²) in [6.07, 6.45) is 2.77. The lowest BCUT2D eigenvalue weighted by molar-refractivity contribution is -0.383. The van der Waals surface area contributed by atoms with E-state index in [-0.39, 0.29) is 22.5 Å². The Morgan fingerprint density at radius 2 is 1.65 bits per heavy atom. The lowest BCUT2D eigenvalue weighted by Gasteiger charge is -2.13. The van der Waals surface area contributed by atoms with Crippen LogP contribution in [0.15, 0.2) is 42.9 Å². The van der Waals surface area contributed by atoms with Gasteiger partial charge in [0.15, 0.2) is 5.15 Å². The van der Waals surface area contributed by atoms with Crippen LogP contribution in [0.4, 0.5) is 28.7 Å². The minimum atomic E-state index is -0.542. The van der Waals surface area contributed by atoms with E-state index in [1.165, 1.54) is 12.5 Å². The maximum Gasteiger partial charge on any atom is 0.353 e. The smallest absolute Gasteiger partial charge is 0.334 e. The summed E-state index contributed by atoms with van der Waals surface area (Å²) in [5, 5.41) is 17.7. The molecule has 0 aliphatic carbocycles. The van der Waals surface area contributed by atoms with E-state index in [4.69, 9.17) is 11.6 Å². The molecule has 2 heterocycles. The van der Waals surface area contributed by atoms with Gasteiger partial charge in [-0.1, -0.05) is 23.7 Å². The zero-order valence-electron chi connectivity index (χ0n) is 14.0. The minimum Gasteiger partial charge on any atom is -0.334 e. The molecule has 0 saturated carbocycles. The van der Waals surface area contributed by atoms with Crippen molar-refractivity contribution in [2.75, 3.05) is 10.6 Å². The molecule has 2 N–H and O–H groups in total. The summed E-state index contributed by atoms with van der Waals surface area (Å²) in [5.74, 6) is 0.105. The zero-order chi connectivity index (χ0) is 18.7. The fourth-order valence-corrected chi connectivity index (χ4v) is 2.52. The van der Waals surface area contributed by atoms with Crippen LogP contribution in [0.25, 0.3) is 0 Å². The maximum absolute atomic E-state index is 11.7. The molecule has 0 fully saturated rings. The second-order valence-electron chi connectivity index (χ2n) is 5.52. The molecule has 0 amide bonds. The van der Waals surface area contributed by atoms with Gasteiger partial charge in [-0.05, 0) is 43.2 Å². The molecule has 2 aromatic heterocycles. The number of aromatic nitrogens is 3. The molecule has 0 radical (unpaired) electrons. The molecular formula is C17H15ClN6O2. The molecular weight excluding hydrogens is 356 g/mol. The van der Waals surface area contributed by atoms with Gasteiger partial charge in [0.25, 0.3) is 0 Å². The Kier molecular flexibility index (Phi) is 4.94. The lowest BCUT2D eigenvalue weighted by Crippen LogP contribution is -2.06. The van der Waals surface area contributed by atoms with Gasteiger partial charge in [-0.15, -0.1) is 0 Å². The van der Waals surface area contributed by atoms with E-state index in [2.05, 4.69) is 25.6 Å². The first-order valence-electron chi connectivity index (χ1n) is 7.67. The third kappa shape index (κ3) is 3.55. The topological polar surface area (TPSA) is 106 Å². The van der Waals surface area contributed by atoms with Crippen molar-refractivity contribution in [3.63, 3.8) is 0 Å². The average Bonchev–Trinajstić information content (AvgIpc) is 2.61. The maximum atomic E-state index is 11.7. The minimum absolute atomic E-state index is 0.0210. The summed E-state index contributed by atoms with van der Waals surface area (Å²) < 4.78 is 0. The van der Waals surface area contributed by atoms with Gasteiger partial charge in [-0.3, -0.25) is 10.1 Å². The molecule has 0 atom stereocenters. The first kappa shape index (κ1) is 17.6. The normalized spacial score (nSPS) is 10.4. The Hall–Kier alpha value is -3.26. The molecule has 0 unspecified atom stereocenters. The van der Waals surface area contributed by atoms with E-state index >= 15 is 0 Å². The summed E-state index contributed by atoms with van der Waals surface area (Å²) in [4.78, 5) is 23.1. The molecule has 0 saturated heterocycles. The summed E-state index contributed by atoms with van der Waals surface area (Å²) >= 11 is 6.01. The number of aryl methyl sites for hydroxylation is 1. The number of hydrogen-bond acceptors (Lipinski definition) is 7. The summed E-state index contributed by atoms with van der Waals surface area (Å²) in [6.45, 7) is 3.89. The van der Waals surface area contributed by atoms with E-state index in [0.717, 1.165) is 16.8 Å². The first-order chi connectivity index (χ1) is 12.5. The predicted octanol–water partition coefficient (Wildman–Crippen LogP) is 4.54. The number of halogens is 1. The number of anilines is 4. The number of nitrogens with zero attached hydrogens (tertiary/aromatic N) is 4. The van der Waals surface area contributed by atoms with Gasteiger partial charge in [-0.25, -0.2) is 15.0 Å². The standard InChI is InChI=1S/C17H15ClN6O2/c1-10-5-3-6-12(11(10)2)22-16-14(24(25)26)17(21-9-20-16)23-13-7-4-8-19-15(13)18/h3-9H,1-2H3,(H2,20,21,22,23). The van der Waals surface area contributed by atoms with Crippen molar-refractivity contribution in [3.8, 4) is 0 Å². The largest absolute Gasteiger partial charge is 0.353 e. The molecule has 9 heteroatoms. The average molecular weight is 371 g/mol. The monoisotopic (exact) mass is 370 g/mol. The Bertz CT molecular complexity index is 979. The van der Waals surface area contributed by atoms with Crippen molar-refractivity contribution in [2.24, 2.45) is 0 Å². The van der Waals surface area contributed by atoms with Gasteiger partial charge in [0.2, 0.25) is 11.6 Å². The molecule has 3 rings (SSSR count). The number of nitrogens with one attached hydrogen (secondary N) is 2. The summed E-state index contributed by atoms with van der Waals surface area (Å²) in [6, 6.07) is 8.98. The van der Waals surface area contributed by atoms with Crippen molar-refractivity contribution in [1.29, 1.82) is 0 Å². The van der Waals surface area contributed by atoms with Gasteiger partial charge in [-0.2, -0.15) is 0 Å². The highest BCUT2D eigenvalue weighted by atomic mass is 35.5. The quantitative estimate of drug-likeness (QED) is 0.386. The van der Waals surface area contributed by atoms with Crippen LogP contribution in [-0.2, 0) is 0 Å². The summed E-state index contributed by atoms with van der Waals surface area (Å²) in [5.41, 5.74) is 2.90. The van der Waals surface area contributed by atoms with E-state index < -0.39 is 4.92 Å². The van der Waals surface area contributed by atoms with Crippen molar-refractivity contribution in [2.45, 2.75) is 13.8 Å². The van der Waals surface area contributed by atoms with Crippen LogP contribution in [0.1, 0.15) is 11.1 Å². The zero-order valence-corrected chi connectivity index (χ0v) is 14.8. The number of pyridine rings is 1. The van der Waals surface area contributed by atoms with Crippen molar-refractivity contribution in [1.82, 2.24) is 15.0 Å². The van der Waals surface area contributed by atoms with E-state index in [1.54, 1.807) is 12.1 Å². The molecule has 3 aromatic rings. The predicted molar refractivity (Wildman–Crippen MR) is 100 cm³/mol. The van der Waals surface area contributed by atoms with Crippen molar-refractivity contribution >= 4 is 40.3 Å². The van der Waals surface area contributed by atoms with Crippen LogP contribution < -0.4 is 10.6 Å². The fourth-order valence-electron chi connectivity index (χ4n) is 2.36. The van der Waals surface area contributed by atoms with Crippen LogP contribution >= 0.6 is 11.6 Å². The van der Waals surface area contributed by atoms with Crippen LogP contribution in [0.3, 0.4) is 0 Å². The Labute approximate surface area is 154 Å². The van der Waals surface area contributed by atoms with Gasteiger partial charge < -0.3 is 10.6 Å². The Morgan fingerprint density at radius 1 is 1.00 bits per heavy atom. The number of hydrogen-bond donors (Lipinski definition) is 2. The van der Waals surface area contributed by atoms with E-state index in [0.29, 0.717) is 5.69 Å². The van der Waals surface area contributed by atoms with Gasteiger partial charge in [0, 0.05) is 11.9 Å². The molecule has 0 aliphatic rings. The molecule has 0 bridgehead atoms. The molecule has 1 aromatic carbocycles. The third-order valence-corrected chi connectivity index (χ3v) is 4.18. The highest BCUT2D eigenvalue weighted by molar-refractivity contribution is 6.32. The number of nitro groups is 1. The number of benzene rings is 1. The van der Waals surface area contributed by atoms with Crippen LogP contribution in [-0.4, -0.2) is 19.9 Å². The lowest BCUT2D eigenvalue weighted by atomic mass is 10.1. The number of rotatable bonds is 5. The van der Waals surface area contributed by atoms with Crippen LogP contribution in [0.5, 0.6) is 0 Å². The van der Waals surface area contributed by atoms with Gasteiger partial charge in [0.1, 0.15) is 6.33 Å². The van der Waals surface area contributed by atoms with Crippen molar-refractivity contribution < 1.29 is 4.92 Å². The second-order valence-corrected chi connectivity index (χ2v) is 5.87.